The van der Waals surface area contributed by atoms with Crippen LogP contribution in [-0.4, -0.2) is 49.9 Å². The zero-order valence-electron chi connectivity index (χ0n) is 24.8. The summed E-state index contributed by atoms with van der Waals surface area (Å²) in [6.07, 6.45) is 9.16. The van der Waals surface area contributed by atoms with Gasteiger partial charge in [0.2, 0.25) is 5.95 Å². The van der Waals surface area contributed by atoms with Gasteiger partial charge in [-0.2, -0.15) is 15.3 Å². The molecule has 0 saturated carbocycles. The van der Waals surface area contributed by atoms with Gasteiger partial charge in [0.05, 0.1) is 18.1 Å². The first-order chi connectivity index (χ1) is 22.1. The average molecular weight is 600 g/mol. The fraction of sp³-hybridized carbons (Fsp3) is 0.212. The van der Waals surface area contributed by atoms with E-state index in [9.17, 15) is 10.1 Å². The summed E-state index contributed by atoms with van der Waals surface area (Å²) in [5.41, 5.74) is 4.54. The third kappa shape index (κ3) is 7.23. The zero-order valence-corrected chi connectivity index (χ0v) is 24.8. The molecule has 1 saturated heterocycles. The maximum Gasteiger partial charge on any atom is 0.327 e. The Morgan fingerprint density at radius 1 is 1.04 bits per heavy atom. The number of rotatable bonds is 10. The summed E-state index contributed by atoms with van der Waals surface area (Å²) in [4.78, 5) is 28.6. The number of urea groups is 1. The molecule has 45 heavy (non-hydrogen) atoms. The molecular weight excluding hydrogens is 566 g/mol. The van der Waals surface area contributed by atoms with Crippen LogP contribution in [-0.2, 0) is 13.6 Å². The fourth-order valence-corrected chi connectivity index (χ4v) is 5.10. The van der Waals surface area contributed by atoms with E-state index in [-0.39, 0.29) is 6.03 Å². The molecule has 3 aromatic heterocycles. The van der Waals surface area contributed by atoms with Crippen LogP contribution in [0, 0.1) is 11.3 Å². The van der Waals surface area contributed by atoms with Crippen LogP contribution in [0.15, 0.2) is 91.5 Å². The number of nitrogens with one attached hydrogen (secondary N) is 4. The summed E-state index contributed by atoms with van der Waals surface area (Å²) in [5.74, 6) is 1.31. The van der Waals surface area contributed by atoms with E-state index in [4.69, 9.17) is 0 Å². The monoisotopic (exact) mass is 599 g/mol. The van der Waals surface area contributed by atoms with Crippen LogP contribution in [0.5, 0.6) is 0 Å². The van der Waals surface area contributed by atoms with Crippen molar-refractivity contribution in [1.82, 2.24) is 35.4 Å². The van der Waals surface area contributed by atoms with E-state index >= 15 is 0 Å². The van der Waals surface area contributed by atoms with Gasteiger partial charge in [-0.3, -0.25) is 4.68 Å². The molecule has 1 aliphatic rings. The second-order valence-electron chi connectivity index (χ2n) is 10.7. The Morgan fingerprint density at radius 3 is 2.58 bits per heavy atom. The smallest absolute Gasteiger partial charge is 0.327 e. The van der Waals surface area contributed by atoms with Gasteiger partial charge in [0.25, 0.3) is 0 Å². The first-order valence-electron chi connectivity index (χ1n) is 14.7. The van der Waals surface area contributed by atoms with Gasteiger partial charge in [-0.05, 0) is 61.3 Å². The molecular formula is C33H33N11O. The van der Waals surface area contributed by atoms with Gasteiger partial charge in [0.15, 0.2) is 0 Å². The Hall–Kier alpha value is -5.80. The van der Waals surface area contributed by atoms with E-state index in [1.54, 1.807) is 17.1 Å². The third-order valence-corrected chi connectivity index (χ3v) is 7.47. The number of hydrogen-bond donors (Lipinski definition) is 4. The Balaban J connectivity index is 1.21. The van der Waals surface area contributed by atoms with E-state index in [1.165, 1.54) is 11.1 Å². The number of anilines is 5. The molecule has 12 heteroatoms. The Morgan fingerprint density at radius 2 is 1.89 bits per heavy atom. The van der Waals surface area contributed by atoms with Crippen molar-refractivity contribution in [3.05, 3.63) is 103 Å². The number of amides is 2. The minimum absolute atomic E-state index is 0.316. The fourth-order valence-electron chi connectivity index (χ4n) is 5.10. The number of carbonyl (C=O) groups excluding carboxylic acids is 1. The summed E-state index contributed by atoms with van der Waals surface area (Å²) in [5, 5.41) is 26.7. The van der Waals surface area contributed by atoms with Crippen molar-refractivity contribution in [2.24, 2.45) is 7.05 Å². The number of nitrogens with zero attached hydrogens (tertiary/aromatic N) is 7. The van der Waals surface area contributed by atoms with Crippen molar-refractivity contribution in [2.75, 3.05) is 28.6 Å². The van der Waals surface area contributed by atoms with Gasteiger partial charge in [-0.25, -0.2) is 19.7 Å². The Labute approximate surface area is 261 Å². The van der Waals surface area contributed by atoms with Crippen molar-refractivity contribution in [3.63, 3.8) is 0 Å². The van der Waals surface area contributed by atoms with Crippen LogP contribution in [0.1, 0.15) is 24.0 Å². The normalized spacial score (nSPS) is 14.0. The van der Waals surface area contributed by atoms with Gasteiger partial charge in [-0.15, -0.1) is 0 Å². The second kappa shape index (κ2) is 13.7. The maximum atomic E-state index is 13.6. The van der Waals surface area contributed by atoms with E-state index in [2.05, 4.69) is 47.4 Å². The zero-order chi connectivity index (χ0) is 31.0. The number of carbonyl (C=O) groups is 1. The lowest BCUT2D eigenvalue weighted by Gasteiger charge is -2.23. The lowest BCUT2D eigenvalue weighted by atomic mass is 10.1. The molecule has 1 aliphatic heterocycles. The maximum absolute atomic E-state index is 13.6. The lowest BCUT2D eigenvalue weighted by Crippen LogP contribution is -2.37. The van der Waals surface area contributed by atoms with E-state index in [0.29, 0.717) is 48.0 Å². The van der Waals surface area contributed by atoms with Crippen LogP contribution in [0.3, 0.4) is 0 Å². The van der Waals surface area contributed by atoms with Crippen LogP contribution in [0.4, 0.5) is 33.8 Å². The van der Waals surface area contributed by atoms with Gasteiger partial charge < -0.3 is 21.3 Å². The van der Waals surface area contributed by atoms with E-state index in [0.717, 1.165) is 41.8 Å². The second-order valence-corrected chi connectivity index (χ2v) is 10.7. The first kappa shape index (κ1) is 29.3. The molecule has 0 radical (unpaired) electrons. The summed E-state index contributed by atoms with van der Waals surface area (Å²) < 4.78 is 1.73. The number of benzene rings is 2. The SMILES string of the molecule is Cn1cc(-c2ccc(N(C(=O)NCc3ccccc3)c3ccc(Nc4ncc(C#N)c(NCC5CCCN5)n4)cc3)nc2)cn1. The molecule has 4 heterocycles. The lowest BCUT2D eigenvalue weighted by molar-refractivity contribution is 0.248. The third-order valence-electron chi connectivity index (χ3n) is 7.47. The van der Waals surface area contributed by atoms with Crippen molar-refractivity contribution in [2.45, 2.75) is 25.4 Å². The van der Waals surface area contributed by atoms with Gasteiger partial charge in [-0.1, -0.05) is 30.3 Å². The predicted octanol–water partition coefficient (Wildman–Crippen LogP) is 5.10. The van der Waals surface area contributed by atoms with E-state index < -0.39 is 0 Å². The first-order valence-corrected chi connectivity index (χ1v) is 14.7. The number of aryl methyl sites for hydroxylation is 1. The molecule has 0 bridgehead atoms. The highest BCUT2D eigenvalue weighted by molar-refractivity contribution is 5.98. The van der Waals surface area contributed by atoms with Gasteiger partial charge in [0, 0.05) is 55.4 Å². The largest absolute Gasteiger partial charge is 0.367 e. The summed E-state index contributed by atoms with van der Waals surface area (Å²) in [6.45, 7) is 2.05. The molecule has 226 valence electrons. The summed E-state index contributed by atoms with van der Waals surface area (Å²) >= 11 is 0. The summed E-state index contributed by atoms with van der Waals surface area (Å²) in [7, 11) is 1.86. The molecule has 12 nitrogen and oxygen atoms in total. The highest BCUT2D eigenvalue weighted by Gasteiger charge is 2.20. The topological polar surface area (TPSA) is 149 Å². The highest BCUT2D eigenvalue weighted by Crippen LogP contribution is 2.28. The summed E-state index contributed by atoms with van der Waals surface area (Å²) in [6, 6.07) is 23.0. The Bertz CT molecular complexity index is 1770. The molecule has 1 fully saturated rings. The molecule has 0 spiro atoms. The number of pyridine rings is 1. The molecule has 1 unspecified atom stereocenters. The van der Waals surface area contributed by atoms with Gasteiger partial charge >= 0.3 is 6.03 Å². The molecule has 5 aromatic rings. The molecule has 0 aliphatic carbocycles. The highest BCUT2D eigenvalue weighted by atomic mass is 16.2. The van der Waals surface area contributed by atoms with Crippen LogP contribution >= 0.6 is 0 Å². The van der Waals surface area contributed by atoms with Crippen molar-refractivity contribution < 1.29 is 4.79 Å². The average Bonchev–Trinajstić information content (AvgIpc) is 3.77. The number of aromatic nitrogens is 5. The molecule has 1 atom stereocenters. The number of nitriles is 1. The quantitative estimate of drug-likeness (QED) is 0.172. The standard InChI is InChI=1S/C33H33N11O/c1-43-22-26(20-40-43)24-9-14-30(36-18-24)44(33(45)39-17-23-6-3-2-4-7-23)29-12-10-27(11-13-29)41-32-38-19-25(16-34)31(42-32)37-21-28-8-5-15-35-28/h2-4,6-7,9-14,18-20,22,28,35H,5,8,15,17,21H2,1H3,(H,39,45)(H2,37,38,41,42). The van der Waals surface area contributed by atoms with Crippen LogP contribution in [0.25, 0.3) is 11.1 Å². The van der Waals surface area contributed by atoms with Crippen LogP contribution in [0.2, 0.25) is 0 Å². The van der Waals surface area contributed by atoms with Crippen molar-refractivity contribution >= 4 is 35.0 Å². The molecule has 2 amide bonds. The van der Waals surface area contributed by atoms with Crippen LogP contribution < -0.4 is 26.2 Å². The number of hydrogen-bond acceptors (Lipinski definition) is 9. The van der Waals surface area contributed by atoms with Gasteiger partial charge in [0.1, 0.15) is 23.3 Å². The molecule has 2 aromatic carbocycles. The minimum atomic E-state index is -0.316. The molecule has 6 rings (SSSR count). The Kier molecular flexibility index (Phi) is 8.89. The minimum Gasteiger partial charge on any atom is -0.367 e. The molecule has 4 N–H and O–H groups in total. The van der Waals surface area contributed by atoms with Crippen molar-refractivity contribution in [3.8, 4) is 17.2 Å². The van der Waals surface area contributed by atoms with Crippen molar-refractivity contribution in [1.29, 1.82) is 5.26 Å². The van der Waals surface area contributed by atoms with E-state index in [1.807, 2.05) is 80.0 Å². The predicted molar refractivity (Wildman–Crippen MR) is 173 cm³/mol.